The molecule has 0 unspecified atom stereocenters. The molecule has 1 heterocycles. The van der Waals surface area contributed by atoms with Crippen molar-refractivity contribution >= 4 is 34.9 Å². The maximum Gasteiger partial charge on any atom is 0.338 e. The van der Waals surface area contributed by atoms with E-state index in [1.807, 2.05) is 0 Å². The molecule has 0 spiro atoms. The fraction of sp³-hybridized carbons (Fsp3) is 0.0435. The predicted molar refractivity (Wildman–Crippen MR) is 112 cm³/mol. The molecular weight excluding hydrogens is 416 g/mol. The topological polar surface area (TPSA) is 124 Å². The number of hydrogen-bond donors (Lipinski definition) is 0. The second-order valence-corrected chi connectivity index (χ2v) is 6.85. The number of nitrogens with zero attached hydrogens (tertiary/aromatic N) is 2. The van der Waals surface area contributed by atoms with Crippen LogP contribution in [-0.4, -0.2) is 35.1 Å². The first-order valence-electron chi connectivity index (χ1n) is 9.39. The van der Waals surface area contributed by atoms with E-state index in [0.717, 1.165) is 11.0 Å². The first-order valence-corrected chi connectivity index (χ1v) is 9.39. The summed E-state index contributed by atoms with van der Waals surface area (Å²) in [6.07, 6.45) is 0. The lowest BCUT2D eigenvalue weighted by Gasteiger charge is -2.13. The molecule has 0 fully saturated rings. The van der Waals surface area contributed by atoms with E-state index in [1.54, 1.807) is 30.3 Å². The maximum absolute atomic E-state index is 12.8. The van der Waals surface area contributed by atoms with Crippen molar-refractivity contribution in [2.24, 2.45) is 0 Å². The van der Waals surface area contributed by atoms with Gasteiger partial charge in [0.05, 0.1) is 27.3 Å². The molecule has 0 saturated carbocycles. The SMILES string of the molecule is O=C(COC(=O)c1ccc2c(c1)C(=O)N(c1ccccc1)C2=O)c1cccc([N+](=O)[O-])c1. The molecule has 0 radical (unpaired) electrons. The third kappa shape index (κ3) is 3.74. The van der Waals surface area contributed by atoms with Crippen LogP contribution in [0.5, 0.6) is 0 Å². The van der Waals surface area contributed by atoms with E-state index in [-0.39, 0.29) is 27.9 Å². The number of esters is 1. The Morgan fingerprint density at radius 3 is 2.28 bits per heavy atom. The molecule has 158 valence electrons. The average molecular weight is 430 g/mol. The van der Waals surface area contributed by atoms with Crippen LogP contribution in [0.3, 0.4) is 0 Å². The number of amides is 2. The van der Waals surface area contributed by atoms with Gasteiger partial charge in [-0.1, -0.05) is 30.3 Å². The van der Waals surface area contributed by atoms with Crippen molar-refractivity contribution in [1.82, 2.24) is 0 Å². The Hall–Kier alpha value is -4.66. The van der Waals surface area contributed by atoms with Gasteiger partial charge in [0.2, 0.25) is 5.78 Å². The lowest BCUT2D eigenvalue weighted by Crippen LogP contribution is -2.29. The monoisotopic (exact) mass is 430 g/mol. The van der Waals surface area contributed by atoms with Crippen LogP contribution >= 0.6 is 0 Å². The molecule has 4 rings (SSSR count). The number of carbonyl (C=O) groups is 4. The number of rotatable bonds is 6. The molecule has 2 amide bonds. The summed E-state index contributed by atoms with van der Waals surface area (Å²) >= 11 is 0. The number of nitro groups is 1. The van der Waals surface area contributed by atoms with Crippen LogP contribution in [0, 0.1) is 10.1 Å². The molecule has 0 aromatic heterocycles. The van der Waals surface area contributed by atoms with Gasteiger partial charge in [0.15, 0.2) is 6.61 Å². The molecule has 0 atom stereocenters. The van der Waals surface area contributed by atoms with Gasteiger partial charge < -0.3 is 4.74 Å². The van der Waals surface area contributed by atoms with E-state index in [4.69, 9.17) is 4.74 Å². The van der Waals surface area contributed by atoms with Crippen molar-refractivity contribution < 1.29 is 28.8 Å². The second-order valence-electron chi connectivity index (χ2n) is 6.85. The number of hydrogen-bond acceptors (Lipinski definition) is 7. The number of anilines is 1. The first kappa shape index (κ1) is 20.6. The second kappa shape index (κ2) is 8.23. The summed E-state index contributed by atoms with van der Waals surface area (Å²) in [7, 11) is 0. The van der Waals surface area contributed by atoms with Crippen molar-refractivity contribution in [3.8, 4) is 0 Å². The highest BCUT2D eigenvalue weighted by atomic mass is 16.6. The zero-order valence-electron chi connectivity index (χ0n) is 16.4. The molecule has 1 aliphatic heterocycles. The van der Waals surface area contributed by atoms with Gasteiger partial charge in [-0.3, -0.25) is 24.5 Å². The van der Waals surface area contributed by atoms with Crippen LogP contribution in [-0.2, 0) is 4.74 Å². The Bertz CT molecular complexity index is 1280. The highest BCUT2D eigenvalue weighted by Gasteiger charge is 2.37. The van der Waals surface area contributed by atoms with Gasteiger partial charge in [0.25, 0.3) is 17.5 Å². The lowest BCUT2D eigenvalue weighted by atomic mass is 10.1. The minimum absolute atomic E-state index is 0.00773. The van der Waals surface area contributed by atoms with E-state index in [9.17, 15) is 29.3 Å². The predicted octanol–water partition coefficient (Wildman–Crippen LogP) is 3.44. The summed E-state index contributed by atoms with van der Waals surface area (Å²) in [5.41, 5.74) is 0.380. The van der Waals surface area contributed by atoms with Gasteiger partial charge in [-0.2, -0.15) is 0 Å². The van der Waals surface area contributed by atoms with Gasteiger partial charge in [-0.15, -0.1) is 0 Å². The van der Waals surface area contributed by atoms with Crippen LogP contribution in [0.1, 0.15) is 41.4 Å². The van der Waals surface area contributed by atoms with Crippen LogP contribution in [0.25, 0.3) is 0 Å². The van der Waals surface area contributed by atoms with E-state index < -0.39 is 35.1 Å². The van der Waals surface area contributed by atoms with Crippen molar-refractivity contribution in [2.45, 2.75) is 0 Å². The van der Waals surface area contributed by atoms with Gasteiger partial charge in [0.1, 0.15) is 0 Å². The molecule has 0 saturated heterocycles. The standard InChI is InChI=1S/C23H14N2O7/c26-20(14-5-4-8-17(11-14)25(30)31)13-32-23(29)15-9-10-18-19(12-15)22(28)24(21(18)27)16-6-2-1-3-7-16/h1-12H,13H2. The Balaban J connectivity index is 1.49. The smallest absolute Gasteiger partial charge is 0.338 e. The van der Waals surface area contributed by atoms with Gasteiger partial charge >= 0.3 is 5.97 Å². The van der Waals surface area contributed by atoms with Gasteiger partial charge in [-0.25, -0.2) is 9.69 Å². The molecular formula is C23H14N2O7. The minimum atomic E-state index is -0.870. The van der Waals surface area contributed by atoms with Crippen LogP contribution in [0.4, 0.5) is 11.4 Å². The molecule has 32 heavy (non-hydrogen) atoms. The molecule has 3 aromatic carbocycles. The van der Waals surface area contributed by atoms with E-state index in [1.165, 1.54) is 36.4 Å². The third-order valence-corrected chi connectivity index (χ3v) is 4.85. The zero-order chi connectivity index (χ0) is 22.8. The van der Waals surface area contributed by atoms with Crippen molar-refractivity contribution in [1.29, 1.82) is 0 Å². The summed E-state index contributed by atoms with van der Waals surface area (Å²) in [5, 5.41) is 10.8. The number of para-hydroxylation sites is 1. The summed E-state index contributed by atoms with van der Waals surface area (Å²) in [6, 6.07) is 17.4. The number of fused-ring (bicyclic) bond motifs is 1. The normalized spacial score (nSPS) is 12.4. The number of ketones is 1. The zero-order valence-corrected chi connectivity index (χ0v) is 16.4. The number of non-ortho nitro benzene ring substituents is 1. The lowest BCUT2D eigenvalue weighted by molar-refractivity contribution is -0.384. The molecule has 0 aliphatic carbocycles. The largest absolute Gasteiger partial charge is 0.454 e. The maximum atomic E-state index is 12.8. The van der Waals surface area contributed by atoms with E-state index in [2.05, 4.69) is 0 Å². The number of carbonyl (C=O) groups excluding carboxylic acids is 4. The molecule has 0 N–H and O–H groups in total. The van der Waals surface area contributed by atoms with Crippen LogP contribution < -0.4 is 4.90 Å². The number of benzene rings is 3. The average Bonchev–Trinajstić information content (AvgIpc) is 3.07. The Labute approximate surface area is 181 Å². The van der Waals surface area contributed by atoms with Crippen molar-refractivity contribution in [2.75, 3.05) is 11.5 Å². The molecule has 1 aliphatic rings. The number of imide groups is 1. The summed E-state index contributed by atoms with van der Waals surface area (Å²) in [5.74, 6) is -2.56. The Morgan fingerprint density at radius 2 is 1.56 bits per heavy atom. The summed E-state index contributed by atoms with van der Waals surface area (Å²) in [6.45, 7) is -0.639. The van der Waals surface area contributed by atoms with E-state index in [0.29, 0.717) is 5.69 Å². The van der Waals surface area contributed by atoms with E-state index >= 15 is 0 Å². The highest BCUT2D eigenvalue weighted by Crippen LogP contribution is 2.29. The summed E-state index contributed by atoms with van der Waals surface area (Å²) in [4.78, 5) is 61.3. The molecule has 9 nitrogen and oxygen atoms in total. The van der Waals surface area contributed by atoms with Gasteiger partial charge in [0, 0.05) is 17.7 Å². The third-order valence-electron chi connectivity index (χ3n) is 4.85. The first-order chi connectivity index (χ1) is 15.4. The fourth-order valence-electron chi connectivity index (χ4n) is 3.27. The van der Waals surface area contributed by atoms with Crippen molar-refractivity contribution in [3.05, 3.63) is 105 Å². The Morgan fingerprint density at radius 1 is 0.844 bits per heavy atom. The summed E-state index contributed by atoms with van der Waals surface area (Å²) < 4.78 is 5.01. The fourth-order valence-corrected chi connectivity index (χ4v) is 3.27. The quantitative estimate of drug-likeness (QED) is 0.193. The van der Waals surface area contributed by atoms with Crippen LogP contribution in [0.2, 0.25) is 0 Å². The van der Waals surface area contributed by atoms with Gasteiger partial charge in [-0.05, 0) is 30.3 Å². The molecule has 0 bridgehead atoms. The molecule has 3 aromatic rings. The minimum Gasteiger partial charge on any atom is -0.454 e. The number of Topliss-reactive ketones (excluding diaryl/α,β-unsaturated/α-hetero) is 1. The number of ether oxygens (including phenoxy) is 1. The number of nitro benzene ring substituents is 1. The molecule has 9 heteroatoms. The van der Waals surface area contributed by atoms with Crippen molar-refractivity contribution in [3.63, 3.8) is 0 Å². The van der Waals surface area contributed by atoms with Crippen LogP contribution in [0.15, 0.2) is 72.8 Å². The highest BCUT2D eigenvalue weighted by molar-refractivity contribution is 6.34. The Kier molecular flexibility index (Phi) is 5.30.